The van der Waals surface area contributed by atoms with E-state index in [-0.39, 0.29) is 11.8 Å². The summed E-state index contributed by atoms with van der Waals surface area (Å²) in [6.45, 7) is 2.09. The first-order valence-electron chi connectivity index (χ1n) is 8.94. The van der Waals surface area contributed by atoms with Gasteiger partial charge in [-0.3, -0.25) is 4.79 Å². The summed E-state index contributed by atoms with van der Waals surface area (Å²) < 4.78 is 6.57. The first-order valence-corrected chi connectivity index (χ1v) is 8.94. The fourth-order valence-electron chi connectivity index (χ4n) is 3.26. The maximum atomic E-state index is 12.5. The lowest BCUT2D eigenvalue weighted by atomic mass is 9.96. The summed E-state index contributed by atoms with van der Waals surface area (Å²) in [5.74, 6) is 1.77. The van der Waals surface area contributed by atoms with E-state index in [2.05, 4.69) is 30.8 Å². The van der Waals surface area contributed by atoms with Crippen LogP contribution in [0.4, 0.5) is 5.82 Å². The number of piperidine rings is 1. The number of tetrazole rings is 1. The van der Waals surface area contributed by atoms with Crippen LogP contribution in [0.1, 0.15) is 18.4 Å². The molecule has 1 fully saturated rings. The van der Waals surface area contributed by atoms with Crippen molar-refractivity contribution in [3.05, 3.63) is 42.0 Å². The Morgan fingerprint density at radius 2 is 1.96 bits per heavy atom. The monoisotopic (exact) mass is 367 g/mol. The molecular weight excluding hydrogens is 346 g/mol. The van der Waals surface area contributed by atoms with Crippen molar-refractivity contribution in [3.8, 4) is 5.75 Å². The third kappa shape index (κ3) is 3.81. The highest BCUT2D eigenvalue weighted by atomic mass is 16.5. The third-order valence-corrected chi connectivity index (χ3v) is 4.87. The van der Waals surface area contributed by atoms with Crippen LogP contribution in [0.5, 0.6) is 5.75 Å². The van der Waals surface area contributed by atoms with Crippen LogP contribution < -0.4 is 15.0 Å². The number of hydrogen-bond donors (Lipinski definition) is 1. The van der Waals surface area contributed by atoms with Gasteiger partial charge in [-0.1, -0.05) is 12.1 Å². The van der Waals surface area contributed by atoms with E-state index in [1.807, 2.05) is 36.4 Å². The van der Waals surface area contributed by atoms with Crippen molar-refractivity contribution in [2.75, 3.05) is 25.1 Å². The molecule has 1 amide bonds. The van der Waals surface area contributed by atoms with Crippen molar-refractivity contribution in [2.24, 2.45) is 5.92 Å². The van der Waals surface area contributed by atoms with Crippen molar-refractivity contribution in [1.29, 1.82) is 0 Å². The predicted octanol–water partition coefficient (Wildman–Crippen LogP) is 1.06. The number of methoxy groups -OCH3 is 1. The standard InChI is InChI=1S/C18H21N7O2/c1-27-15-4-2-13(3-5-15)12-19-18(26)14-8-10-24(11-9-14)17-7-6-16-20-22-23-25(16)21-17/h2-7,14H,8-12H2,1H3,(H,19,26). The fraction of sp³-hybridized carbons (Fsp3) is 0.389. The predicted molar refractivity (Wildman–Crippen MR) is 98.4 cm³/mol. The number of nitrogens with zero attached hydrogens (tertiary/aromatic N) is 6. The second kappa shape index (κ2) is 7.56. The molecule has 9 nitrogen and oxygen atoms in total. The Balaban J connectivity index is 1.29. The number of amides is 1. The molecule has 3 aromatic rings. The van der Waals surface area contributed by atoms with Crippen LogP contribution in [-0.4, -0.2) is 51.4 Å². The van der Waals surface area contributed by atoms with E-state index in [1.54, 1.807) is 7.11 Å². The summed E-state index contributed by atoms with van der Waals surface area (Å²) in [6, 6.07) is 11.5. The van der Waals surface area contributed by atoms with E-state index >= 15 is 0 Å². The number of aromatic nitrogens is 5. The van der Waals surface area contributed by atoms with Crippen LogP contribution in [0.2, 0.25) is 0 Å². The molecule has 0 atom stereocenters. The van der Waals surface area contributed by atoms with E-state index in [0.717, 1.165) is 43.1 Å². The summed E-state index contributed by atoms with van der Waals surface area (Å²) in [6.07, 6.45) is 1.59. The van der Waals surface area contributed by atoms with Crippen LogP contribution in [0, 0.1) is 5.92 Å². The van der Waals surface area contributed by atoms with Gasteiger partial charge < -0.3 is 15.0 Å². The first-order chi connectivity index (χ1) is 13.2. The Hall–Kier alpha value is -3.23. The number of fused-ring (bicyclic) bond motifs is 1. The minimum atomic E-state index is 0.0243. The zero-order valence-corrected chi connectivity index (χ0v) is 15.1. The van der Waals surface area contributed by atoms with E-state index in [0.29, 0.717) is 12.2 Å². The number of carbonyl (C=O) groups excluding carboxylic acids is 1. The molecule has 140 valence electrons. The summed E-state index contributed by atoms with van der Waals surface area (Å²) in [5.41, 5.74) is 1.67. The third-order valence-electron chi connectivity index (χ3n) is 4.87. The maximum Gasteiger partial charge on any atom is 0.223 e. The molecule has 1 aliphatic heterocycles. The van der Waals surface area contributed by atoms with E-state index in [1.165, 1.54) is 4.63 Å². The minimum absolute atomic E-state index is 0.0243. The quantitative estimate of drug-likeness (QED) is 0.720. The Morgan fingerprint density at radius 3 is 2.70 bits per heavy atom. The lowest BCUT2D eigenvalue weighted by Gasteiger charge is -2.31. The second-order valence-electron chi connectivity index (χ2n) is 6.55. The molecule has 0 aliphatic carbocycles. The fourth-order valence-corrected chi connectivity index (χ4v) is 3.26. The van der Waals surface area contributed by atoms with Crippen LogP contribution in [0.15, 0.2) is 36.4 Å². The highest BCUT2D eigenvalue weighted by Gasteiger charge is 2.25. The van der Waals surface area contributed by atoms with Crippen molar-refractivity contribution >= 4 is 17.4 Å². The van der Waals surface area contributed by atoms with Gasteiger partial charge in [0.05, 0.1) is 7.11 Å². The molecule has 1 aromatic carbocycles. The normalized spacial score (nSPS) is 15.1. The Morgan fingerprint density at radius 1 is 1.19 bits per heavy atom. The summed E-state index contributed by atoms with van der Waals surface area (Å²) in [4.78, 5) is 14.6. The Kier molecular flexibility index (Phi) is 4.82. The van der Waals surface area contributed by atoms with Crippen molar-refractivity contribution in [3.63, 3.8) is 0 Å². The van der Waals surface area contributed by atoms with Gasteiger partial charge in [0.25, 0.3) is 0 Å². The molecule has 0 bridgehead atoms. The first kappa shape index (κ1) is 17.2. The van der Waals surface area contributed by atoms with E-state index in [9.17, 15) is 4.79 Å². The van der Waals surface area contributed by atoms with Gasteiger partial charge in [0.15, 0.2) is 11.5 Å². The van der Waals surface area contributed by atoms with Crippen molar-refractivity contribution in [1.82, 2.24) is 30.6 Å². The van der Waals surface area contributed by atoms with Gasteiger partial charge in [-0.05, 0) is 53.1 Å². The summed E-state index contributed by atoms with van der Waals surface area (Å²) in [7, 11) is 1.64. The lowest BCUT2D eigenvalue weighted by molar-refractivity contribution is -0.125. The molecule has 0 unspecified atom stereocenters. The van der Waals surface area contributed by atoms with Gasteiger partial charge in [0.1, 0.15) is 5.75 Å². The van der Waals surface area contributed by atoms with Gasteiger partial charge in [-0.25, -0.2) is 0 Å². The summed E-state index contributed by atoms with van der Waals surface area (Å²) in [5, 5.41) is 18.7. The largest absolute Gasteiger partial charge is 0.497 e. The zero-order valence-electron chi connectivity index (χ0n) is 15.1. The number of nitrogens with one attached hydrogen (secondary N) is 1. The molecule has 4 rings (SSSR count). The molecule has 27 heavy (non-hydrogen) atoms. The lowest BCUT2D eigenvalue weighted by Crippen LogP contribution is -2.40. The molecule has 0 radical (unpaired) electrons. The van der Waals surface area contributed by atoms with Crippen LogP contribution >= 0.6 is 0 Å². The molecule has 0 saturated carbocycles. The molecular formula is C18H21N7O2. The highest BCUT2D eigenvalue weighted by Crippen LogP contribution is 2.22. The number of carbonyl (C=O) groups is 1. The number of ether oxygens (including phenoxy) is 1. The van der Waals surface area contributed by atoms with Crippen LogP contribution in [-0.2, 0) is 11.3 Å². The molecule has 1 N–H and O–H groups in total. The average Bonchev–Trinajstić information content (AvgIpc) is 3.20. The van der Waals surface area contributed by atoms with Crippen molar-refractivity contribution in [2.45, 2.75) is 19.4 Å². The summed E-state index contributed by atoms with van der Waals surface area (Å²) >= 11 is 0. The van der Waals surface area contributed by atoms with Crippen LogP contribution in [0.3, 0.4) is 0 Å². The van der Waals surface area contributed by atoms with Gasteiger partial charge in [-0.15, -0.1) is 14.8 Å². The maximum absolute atomic E-state index is 12.5. The van der Waals surface area contributed by atoms with Crippen molar-refractivity contribution < 1.29 is 9.53 Å². The van der Waals surface area contributed by atoms with Gasteiger partial charge in [-0.2, -0.15) is 0 Å². The van der Waals surface area contributed by atoms with E-state index < -0.39 is 0 Å². The van der Waals surface area contributed by atoms with Gasteiger partial charge in [0, 0.05) is 25.6 Å². The number of benzene rings is 1. The SMILES string of the molecule is COc1ccc(CNC(=O)C2CCN(c3ccc4nnnn4n3)CC2)cc1. The van der Waals surface area contributed by atoms with E-state index in [4.69, 9.17) is 4.74 Å². The zero-order chi connectivity index (χ0) is 18.6. The van der Waals surface area contributed by atoms with Crippen LogP contribution in [0.25, 0.3) is 5.65 Å². The smallest absolute Gasteiger partial charge is 0.223 e. The average molecular weight is 367 g/mol. The second-order valence-corrected chi connectivity index (χ2v) is 6.55. The highest BCUT2D eigenvalue weighted by molar-refractivity contribution is 5.79. The van der Waals surface area contributed by atoms with Gasteiger partial charge in [0.2, 0.25) is 5.91 Å². The molecule has 9 heteroatoms. The topological polar surface area (TPSA) is 97.5 Å². The number of hydrogen-bond acceptors (Lipinski definition) is 7. The Bertz CT molecular complexity index is 917. The molecule has 3 heterocycles. The Labute approximate surface area is 156 Å². The molecule has 1 saturated heterocycles. The minimum Gasteiger partial charge on any atom is -0.497 e. The molecule has 0 spiro atoms. The molecule has 2 aromatic heterocycles. The van der Waals surface area contributed by atoms with Gasteiger partial charge >= 0.3 is 0 Å². The number of rotatable bonds is 5. The molecule has 1 aliphatic rings. The number of anilines is 1.